The third-order valence-corrected chi connectivity index (χ3v) is 2.83. The molecule has 0 heterocycles. The molecule has 0 aliphatic heterocycles. The van der Waals surface area contributed by atoms with Crippen LogP contribution in [0, 0.1) is 0 Å². The fourth-order valence-corrected chi connectivity index (χ4v) is 1.75. The summed E-state index contributed by atoms with van der Waals surface area (Å²) >= 11 is 0. The minimum atomic E-state index is -1.45. The molecule has 0 fully saturated rings. The van der Waals surface area contributed by atoms with E-state index in [1.54, 1.807) is 24.3 Å². The predicted molar refractivity (Wildman–Crippen MR) is 71.7 cm³/mol. The minimum absolute atomic E-state index is 0.0419. The Morgan fingerprint density at radius 2 is 1.33 bits per heavy atom. The molecule has 4 heteroatoms. The zero-order valence-corrected chi connectivity index (χ0v) is 10.00. The van der Waals surface area contributed by atoms with Crippen molar-refractivity contribution in [3.8, 4) is 11.1 Å². The van der Waals surface area contributed by atoms with E-state index in [9.17, 15) is 4.79 Å². The molecule has 0 saturated heterocycles. The van der Waals surface area contributed by atoms with Gasteiger partial charge in [0.1, 0.15) is 0 Å². The molecule has 0 unspecified atom stereocenters. The maximum absolute atomic E-state index is 11.2. The average molecular weight is 240 g/mol. The van der Waals surface area contributed by atoms with Gasteiger partial charge >= 0.3 is 7.12 Å². The Labute approximate surface area is 106 Å². The lowest BCUT2D eigenvalue weighted by Crippen LogP contribution is -2.29. The zero-order chi connectivity index (χ0) is 13.1. The SMILES string of the molecule is CC(=O)c1ccc(-c2ccc(B(O)O)cc2)cc1. The van der Waals surface area contributed by atoms with Crippen LogP contribution in [0.5, 0.6) is 0 Å². The number of carbonyl (C=O) groups is 1. The Bertz CT molecular complexity index is 544. The number of Topliss-reactive ketones (excluding diaryl/α,β-unsaturated/α-hetero) is 1. The van der Waals surface area contributed by atoms with Crippen LogP contribution in [0.2, 0.25) is 0 Å². The molecule has 2 aromatic carbocycles. The van der Waals surface area contributed by atoms with Crippen molar-refractivity contribution in [3.05, 3.63) is 54.1 Å². The van der Waals surface area contributed by atoms with Crippen molar-refractivity contribution in [2.75, 3.05) is 0 Å². The van der Waals surface area contributed by atoms with Gasteiger partial charge in [0.05, 0.1) is 0 Å². The van der Waals surface area contributed by atoms with Gasteiger partial charge in [0.25, 0.3) is 0 Å². The Balaban J connectivity index is 2.28. The summed E-state index contributed by atoms with van der Waals surface area (Å²) in [4.78, 5) is 11.2. The molecular weight excluding hydrogens is 227 g/mol. The van der Waals surface area contributed by atoms with Gasteiger partial charge < -0.3 is 10.0 Å². The standard InChI is InChI=1S/C14H13BO3/c1-10(16)11-2-4-12(5-3-11)13-6-8-14(9-7-13)15(17)18/h2-9,17-18H,1H3. The topological polar surface area (TPSA) is 57.5 Å². The number of hydrogen-bond donors (Lipinski definition) is 2. The second-order valence-electron chi connectivity index (χ2n) is 4.13. The predicted octanol–water partition coefficient (Wildman–Crippen LogP) is 1.24. The summed E-state index contributed by atoms with van der Waals surface area (Å²) < 4.78 is 0. The zero-order valence-electron chi connectivity index (χ0n) is 10.00. The molecule has 2 N–H and O–H groups in total. The van der Waals surface area contributed by atoms with Gasteiger partial charge in [0.15, 0.2) is 5.78 Å². The molecule has 0 aromatic heterocycles. The molecule has 0 aliphatic carbocycles. The maximum atomic E-state index is 11.2. The molecule has 0 amide bonds. The highest BCUT2D eigenvalue weighted by atomic mass is 16.4. The lowest BCUT2D eigenvalue weighted by atomic mass is 9.80. The van der Waals surface area contributed by atoms with Crippen LogP contribution in [-0.2, 0) is 0 Å². The summed E-state index contributed by atoms with van der Waals surface area (Å²) in [6.45, 7) is 1.53. The van der Waals surface area contributed by atoms with E-state index in [0.29, 0.717) is 11.0 Å². The van der Waals surface area contributed by atoms with Gasteiger partial charge in [-0.1, -0.05) is 48.5 Å². The summed E-state index contributed by atoms with van der Waals surface area (Å²) in [6, 6.07) is 14.3. The molecule has 2 rings (SSSR count). The first-order valence-electron chi connectivity index (χ1n) is 5.65. The van der Waals surface area contributed by atoms with Gasteiger partial charge in [-0.3, -0.25) is 4.79 Å². The van der Waals surface area contributed by atoms with Crippen LogP contribution in [0.1, 0.15) is 17.3 Å². The monoisotopic (exact) mass is 240 g/mol. The van der Waals surface area contributed by atoms with Gasteiger partial charge in [0, 0.05) is 5.56 Å². The van der Waals surface area contributed by atoms with E-state index in [1.807, 2.05) is 24.3 Å². The summed E-state index contributed by atoms with van der Waals surface area (Å²) in [5.74, 6) is 0.0419. The fraction of sp³-hybridized carbons (Fsp3) is 0.0714. The number of rotatable bonds is 3. The van der Waals surface area contributed by atoms with E-state index in [4.69, 9.17) is 10.0 Å². The van der Waals surface area contributed by atoms with Gasteiger partial charge in [-0.15, -0.1) is 0 Å². The normalized spacial score (nSPS) is 10.2. The van der Waals surface area contributed by atoms with E-state index in [0.717, 1.165) is 11.1 Å². The first kappa shape index (κ1) is 12.5. The van der Waals surface area contributed by atoms with E-state index < -0.39 is 7.12 Å². The van der Waals surface area contributed by atoms with Gasteiger partial charge in [-0.25, -0.2) is 0 Å². The van der Waals surface area contributed by atoms with Crippen LogP contribution < -0.4 is 5.46 Å². The molecule has 0 radical (unpaired) electrons. The summed E-state index contributed by atoms with van der Waals surface area (Å²) in [6.07, 6.45) is 0. The molecule has 0 aliphatic rings. The van der Waals surface area contributed by atoms with Gasteiger partial charge in [-0.05, 0) is 23.5 Å². The van der Waals surface area contributed by atoms with Crippen molar-refractivity contribution in [3.63, 3.8) is 0 Å². The molecular formula is C14H13BO3. The van der Waals surface area contributed by atoms with Crippen molar-refractivity contribution in [2.24, 2.45) is 0 Å². The van der Waals surface area contributed by atoms with Gasteiger partial charge in [0.2, 0.25) is 0 Å². The van der Waals surface area contributed by atoms with Crippen molar-refractivity contribution < 1.29 is 14.8 Å². The fourth-order valence-electron chi connectivity index (χ4n) is 1.75. The minimum Gasteiger partial charge on any atom is -0.423 e. The Kier molecular flexibility index (Phi) is 3.60. The third kappa shape index (κ3) is 2.67. The number of carbonyl (C=O) groups excluding carboxylic acids is 1. The number of hydrogen-bond acceptors (Lipinski definition) is 3. The quantitative estimate of drug-likeness (QED) is 0.626. The van der Waals surface area contributed by atoms with Crippen molar-refractivity contribution in [1.29, 1.82) is 0 Å². The summed E-state index contributed by atoms with van der Waals surface area (Å²) in [5.41, 5.74) is 3.09. The largest absolute Gasteiger partial charge is 0.488 e. The second kappa shape index (κ2) is 5.17. The second-order valence-corrected chi connectivity index (χ2v) is 4.13. The van der Waals surface area contributed by atoms with Crippen LogP contribution in [0.25, 0.3) is 11.1 Å². The average Bonchev–Trinajstić information content (AvgIpc) is 2.39. The lowest BCUT2D eigenvalue weighted by molar-refractivity contribution is 0.101. The number of ketones is 1. The molecule has 0 spiro atoms. The van der Waals surface area contributed by atoms with Crippen LogP contribution in [0.4, 0.5) is 0 Å². The van der Waals surface area contributed by atoms with Crippen LogP contribution in [-0.4, -0.2) is 22.9 Å². The lowest BCUT2D eigenvalue weighted by Gasteiger charge is -2.04. The smallest absolute Gasteiger partial charge is 0.423 e. The Hall–Kier alpha value is -1.91. The van der Waals surface area contributed by atoms with Crippen LogP contribution in [0.3, 0.4) is 0 Å². The first-order chi connectivity index (χ1) is 8.58. The molecule has 0 atom stereocenters. The molecule has 0 saturated carbocycles. The third-order valence-electron chi connectivity index (χ3n) is 2.83. The molecule has 3 nitrogen and oxygen atoms in total. The Morgan fingerprint density at radius 3 is 1.72 bits per heavy atom. The molecule has 90 valence electrons. The van der Waals surface area contributed by atoms with Crippen molar-refractivity contribution >= 4 is 18.4 Å². The van der Waals surface area contributed by atoms with E-state index >= 15 is 0 Å². The van der Waals surface area contributed by atoms with Crippen molar-refractivity contribution in [1.82, 2.24) is 0 Å². The van der Waals surface area contributed by atoms with Crippen LogP contribution >= 0.6 is 0 Å². The van der Waals surface area contributed by atoms with Crippen LogP contribution in [0.15, 0.2) is 48.5 Å². The maximum Gasteiger partial charge on any atom is 0.488 e. The summed E-state index contributed by atoms with van der Waals surface area (Å²) in [7, 11) is -1.45. The van der Waals surface area contributed by atoms with Crippen molar-refractivity contribution in [2.45, 2.75) is 6.92 Å². The molecule has 0 bridgehead atoms. The Morgan fingerprint density at radius 1 is 0.889 bits per heavy atom. The number of benzene rings is 2. The first-order valence-corrected chi connectivity index (χ1v) is 5.65. The van der Waals surface area contributed by atoms with E-state index in [1.165, 1.54) is 6.92 Å². The highest BCUT2D eigenvalue weighted by Gasteiger charge is 2.10. The highest BCUT2D eigenvalue weighted by Crippen LogP contribution is 2.19. The molecule has 2 aromatic rings. The highest BCUT2D eigenvalue weighted by molar-refractivity contribution is 6.58. The summed E-state index contributed by atoms with van der Waals surface area (Å²) in [5, 5.41) is 18.0. The van der Waals surface area contributed by atoms with E-state index in [-0.39, 0.29) is 5.78 Å². The molecule has 18 heavy (non-hydrogen) atoms. The van der Waals surface area contributed by atoms with E-state index in [2.05, 4.69) is 0 Å². The van der Waals surface area contributed by atoms with Gasteiger partial charge in [-0.2, -0.15) is 0 Å².